The molecule has 27 heavy (non-hydrogen) atoms. The van der Waals surface area contributed by atoms with Crippen molar-refractivity contribution < 1.29 is 9.53 Å². The molecule has 2 aromatic heterocycles. The van der Waals surface area contributed by atoms with Gasteiger partial charge in [0.05, 0.1) is 7.11 Å². The number of benzene rings is 1. The Labute approximate surface area is 160 Å². The van der Waals surface area contributed by atoms with Crippen LogP contribution < -0.4 is 20.5 Å². The molecule has 3 aromatic rings. The first kappa shape index (κ1) is 18.8. The molecule has 0 bridgehead atoms. The lowest BCUT2D eigenvalue weighted by atomic mass is 10.2. The van der Waals surface area contributed by atoms with Crippen LogP contribution in [0.2, 0.25) is 0 Å². The van der Waals surface area contributed by atoms with Gasteiger partial charge in [-0.1, -0.05) is 29.5 Å². The quantitative estimate of drug-likeness (QED) is 0.666. The number of carbonyl (C=O) groups is 1. The minimum absolute atomic E-state index is 0.0428. The van der Waals surface area contributed by atoms with Gasteiger partial charge in [0.15, 0.2) is 0 Å². The predicted octanol–water partition coefficient (Wildman–Crippen LogP) is 1.94. The van der Waals surface area contributed by atoms with Crippen molar-refractivity contribution in [2.75, 3.05) is 25.1 Å². The molecule has 1 amide bonds. The van der Waals surface area contributed by atoms with E-state index in [0.717, 1.165) is 18.7 Å². The first-order chi connectivity index (χ1) is 13.1. The van der Waals surface area contributed by atoms with Gasteiger partial charge in [-0.3, -0.25) is 9.59 Å². The number of nitrogens with one attached hydrogen (secondary N) is 1. The van der Waals surface area contributed by atoms with E-state index < -0.39 is 11.5 Å². The van der Waals surface area contributed by atoms with Crippen molar-refractivity contribution in [1.82, 2.24) is 19.9 Å². The minimum Gasteiger partial charge on any atom is -0.496 e. The first-order valence-electron chi connectivity index (χ1n) is 8.62. The number of fused-ring (bicyclic) bond motifs is 1. The number of hydrogen-bond acceptors (Lipinski definition) is 7. The van der Waals surface area contributed by atoms with Gasteiger partial charge in [0.2, 0.25) is 10.1 Å². The lowest BCUT2D eigenvalue weighted by Gasteiger charge is -2.15. The summed E-state index contributed by atoms with van der Waals surface area (Å²) in [6.45, 7) is 5.83. The number of methoxy groups -OCH3 is 1. The Morgan fingerprint density at radius 1 is 1.30 bits per heavy atom. The van der Waals surface area contributed by atoms with E-state index in [1.54, 1.807) is 7.11 Å². The molecule has 0 atom stereocenters. The van der Waals surface area contributed by atoms with Crippen molar-refractivity contribution in [3.05, 3.63) is 51.9 Å². The van der Waals surface area contributed by atoms with Crippen LogP contribution in [0.1, 0.15) is 29.8 Å². The van der Waals surface area contributed by atoms with Gasteiger partial charge in [0, 0.05) is 31.4 Å². The van der Waals surface area contributed by atoms with Crippen LogP contribution in [0, 0.1) is 0 Å². The second-order valence-corrected chi connectivity index (χ2v) is 6.66. The van der Waals surface area contributed by atoms with E-state index in [2.05, 4.69) is 15.4 Å². The molecule has 2 heterocycles. The Kier molecular flexibility index (Phi) is 5.70. The Morgan fingerprint density at radius 3 is 2.74 bits per heavy atom. The number of amides is 1. The van der Waals surface area contributed by atoms with E-state index in [1.807, 2.05) is 43.0 Å². The lowest BCUT2D eigenvalue weighted by molar-refractivity contribution is 0.0948. The SMILES string of the molecule is CCN(CC)c1nn2c(=O)c(C(=O)NCc3ccccc3OC)cnc2s1. The molecule has 0 saturated heterocycles. The predicted molar refractivity (Wildman–Crippen MR) is 105 cm³/mol. The average molecular weight is 387 g/mol. The number of nitrogens with zero attached hydrogens (tertiary/aromatic N) is 4. The third-order valence-corrected chi connectivity index (χ3v) is 5.17. The van der Waals surface area contributed by atoms with Crippen LogP contribution in [0.3, 0.4) is 0 Å². The van der Waals surface area contributed by atoms with E-state index in [4.69, 9.17) is 4.74 Å². The minimum atomic E-state index is -0.495. The smallest absolute Gasteiger partial charge is 0.288 e. The van der Waals surface area contributed by atoms with Crippen LogP contribution in [0.15, 0.2) is 35.3 Å². The zero-order chi connectivity index (χ0) is 19.4. The molecule has 8 nitrogen and oxygen atoms in total. The van der Waals surface area contributed by atoms with E-state index in [1.165, 1.54) is 22.0 Å². The Hall–Kier alpha value is -2.94. The van der Waals surface area contributed by atoms with Crippen molar-refractivity contribution in [1.29, 1.82) is 0 Å². The first-order valence-corrected chi connectivity index (χ1v) is 9.44. The van der Waals surface area contributed by atoms with Gasteiger partial charge in [-0.05, 0) is 19.9 Å². The van der Waals surface area contributed by atoms with Crippen LogP contribution in [-0.2, 0) is 6.54 Å². The van der Waals surface area contributed by atoms with Crippen molar-refractivity contribution in [3.8, 4) is 5.75 Å². The number of rotatable bonds is 7. The van der Waals surface area contributed by atoms with Gasteiger partial charge in [0.1, 0.15) is 11.3 Å². The number of carbonyl (C=O) groups excluding carboxylic acids is 1. The second-order valence-electron chi connectivity index (χ2n) is 5.72. The van der Waals surface area contributed by atoms with Gasteiger partial charge in [-0.15, -0.1) is 5.10 Å². The summed E-state index contributed by atoms with van der Waals surface area (Å²) in [5, 5.41) is 7.77. The Morgan fingerprint density at radius 2 is 2.04 bits per heavy atom. The summed E-state index contributed by atoms with van der Waals surface area (Å²) in [6.07, 6.45) is 1.30. The highest BCUT2D eigenvalue weighted by molar-refractivity contribution is 7.20. The molecule has 0 aliphatic carbocycles. The van der Waals surface area contributed by atoms with Crippen LogP contribution in [-0.4, -0.2) is 40.7 Å². The van der Waals surface area contributed by atoms with Crippen molar-refractivity contribution >= 4 is 27.3 Å². The van der Waals surface area contributed by atoms with Gasteiger partial charge in [-0.25, -0.2) is 4.98 Å². The molecule has 0 saturated carbocycles. The van der Waals surface area contributed by atoms with E-state index in [-0.39, 0.29) is 12.1 Å². The molecule has 142 valence electrons. The highest BCUT2D eigenvalue weighted by atomic mass is 32.1. The van der Waals surface area contributed by atoms with Gasteiger partial charge in [-0.2, -0.15) is 4.52 Å². The molecule has 9 heteroatoms. The topological polar surface area (TPSA) is 88.8 Å². The molecule has 1 N–H and O–H groups in total. The highest BCUT2D eigenvalue weighted by Crippen LogP contribution is 2.21. The standard InChI is InChI=1S/C18H21N5O3S/c1-4-22(5-2)18-21-23-16(25)13(11-20-17(23)27-18)15(24)19-10-12-8-6-7-9-14(12)26-3/h6-9,11H,4-5,10H2,1-3H3,(H,19,24). The van der Waals surface area contributed by atoms with E-state index in [9.17, 15) is 9.59 Å². The van der Waals surface area contributed by atoms with Crippen molar-refractivity contribution in [3.63, 3.8) is 0 Å². The van der Waals surface area contributed by atoms with Crippen molar-refractivity contribution in [2.24, 2.45) is 0 Å². The molecule has 0 aliphatic rings. The van der Waals surface area contributed by atoms with Gasteiger partial charge >= 0.3 is 0 Å². The maximum Gasteiger partial charge on any atom is 0.288 e. The maximum atomic E-state index is 12.7. The summed E-state index contributed by atoms with van der Waals surface area (Å²) < 4.78 is 6.46. The molecule has 0 radical (unpaired) electrons. The zero-order valence-corrected chi connectivity index (χ0v) is 16.2. The summed E-state index contributed by atoms with van der Waals surface area (Å²) in [7, 11) is 1.57. The maximum absolute atomic E-state index is 12.7. The monoisotopic (exact) mass is 387 g/mol. The Balaban J connectivity index is 1.84. The summed E-state index contributed by atoms with van der Waals surface area (Å²) in [6, 6.07) is 7.37. The molecule has 0 fully saturated rings. The molecular weight excluding hydrogens is 366 g/mol. The summed E-state index contributed by atoms with van der Waals surface area (Å²) in [5.41, 5.74) is 0.297. The molecule has 0 aliphatic heterocycles. The normalized spacial score (nSPS) is 10.8. The molecule has 3 rings (SSSR count). The van der Waals surface area contributed by atoms with Gasteiger partial charge < -0.3 is 15.0 Å². The number of aromatic nitrogens is 3. The third kappa shape index (κ3) is 3.77. The summed E-state index contributed by atoms with van der Waals surface area (Å²) >= 11 is 1.32. The molecule has 1 aromatic carbocycles. The summed E-state index contributed by atoms with van der Waals surface area (Å²) in [4.78, 5) is 31.9. The van der Waals surface area contributed by atoms with Gasteiger partial charge in [0.25, 0.3) is 11.5 Å². The lowest BCUT2D eigenvalue weighted by Crippen LogP contribution is -2.31. The highest BCUT2D eigenvalue weighted by Gasteiger charge is 2.17. The fourth-order valence-corrected chi connectivity index (χ4v) is 3.66. The van der Waals surface area contributed by atoms with Crippen LogP contribution in [0.5, 0.6) is 5.75 Å². The molecular formula is C18H21N5O3S. The second kappa shape index (κ2) is 8.17. The number of ether oxygens (including phenoxy) is 1. The van der Waals surface area contributed by atoms with E-state index >= 15 is 0 Å². The fraction of sp³-hybridized carbons (Fsp3) is 0.333. The van der Waals surface area contributed by atoms with Crippen LogP contribution in [0.25, 0.3) is 4.96 Å². The molecule has 0 spiro atoms. The number of para-hydroxylation sites is 1. The molecule has 0 unspecified atom stereocenters. The average Bonchev–Trinajstić information content (AvgIpc) is 3.12. The Bertz CT molecular complexity index is 1010. The summed E-state index contributed by atoms with van der Waals surface area (Å²) in [5.74, 6) is 0.177. The van der Waals surface area contributed by atoms with Crippen LogP contribution >= 0.6 is 11.3 Å². The number of anilines is 1. The van der Waals surface area contributed by atoms with Crippen molar-refractivity contribution in [2.45, 2.75) is 20.4 Å². The fourth-order valence-electron chi connectivity index (χ4n) is 2.67. The third-order valence-electron chi connectivity index (χ3n) is 4.19. The van der Waals surface area contributed by atoms with Crippen LogP contribution in [0.4, 0.5) is 5.13 Å². The zero-order valence-electron chi connectivity index (χ0n) is 15.4. The largest absolute Gasteiger partial charge is 0.496 e. The van der Waals surface area contributed by atoms with E-state index in [0.29, 0.717) is 15.8 Å². The number of hydrogen-bond donors (Lipinski definition) is 1.